The first-order valence-electron chi connectivity index (χ1n) is 12.9. The number of amides is 1. The molecule has 0 fully saturated rings. The first kappa shape index (κ1) is 28.7. The Kier molecular flexibility index (Phi) is 9.15. The third-order valence-electron chi connectivity index (χ3n) is 5.93. The monoisotopic (exact) mass is 518 g/mol. The van der Waals surface area contributed by atoms with Gasteiger partial charge in [0.1, 0.15) is 23.5 Å². The van der Waals surface area contributed by atoms with Crippen LogP contribution in [0.2, 0.25) is 0 Å². The second-order valence-corrected chi connectivity index (χ2v) is 10.9. The van der Waals surface area contributed by atoms with Crippen LogP contribution in [0.25, 0.3) is 11.1 Å². The molecule has 2 N–H and O–H groups in total. The number of rotatable bonds is 9. The summed E-state index contributed by atoms with van der Waals surface area (Å²) in [4.78, 5) is 29.3. The molecule has 0 spiro atoms. The van der Waals surface area contributed by atoms with Crippen molar-refractivity contribution in [2.24, 2.45) is 5.92 Å². The van der Waals surface area contributed by atoms with E-state index in [-0.39, 0.29) is 24.5 Å². The molecule has 2 aromatic carbocycles. The summed E-state index contributed by atoms with van der Waals surface area (Å²) in [6.45, 7) is 14.1. The topological polar surface area (TPSA) is 97.8 Å². The number of pyridine rings is 1. The van der Waals surface area contributed by atoms with Gasteiger partial charge < -0.3 is 19.9 Å². The summed E-state index contributed by atoms with van der Waals surface area (Å²) in [6.07, 6.45) is 0.227. The van der Waals surface area contributed by atoms with Gasteiger partial charge in [-0.15, -0.1) is 0 Å². The lowest BCUT2D eigenvalue weighted by Crippen LogP contribution is -2.32. The second kappa shape index (κ2) is 12.1. The van der Waals surface area contributed by atoms with Crippen LogP contribution in [0.4, 0.5) is 4.79 Å². The Bertz CT molecular complexity index is 1290. The zero-order valence-corrected chi connectivity index (χ0v) is 23.3. The Labute approximate surface area is 225 Å². The zero-order valence-electron chi connectivity index (χ0n) is 23.3. The molecule has 0 saturated heterocycles. The highest BCUT2D eigenvalue weighted by atomic mass is 16.6. The minimum absolute atomic E-state index is 0.0956. The van der Waals surface area contributed by atoms with Gasteiger partial charge in [0.2, 0.25) is 0 Å². The Morgan fingerprint density at radius 2 is 1.66 bits per heavy atom. The van der Waals surface area contributed by atoms with Gasteiger partial charge >= 0.3 is 12.1 Å². The molecule has 0 radical (unpaired) electrons. The molecule has 202 valence electrons. The fourth-order valence-corrected chi connectivity index (χ4v) is 4.23. The van der Waals surface area contributed by atoms with Crippen molar-refractivity contribution in [3.05, 3.63) is 82.2 Å². The number of carboxylic acids is 1. The van der Waals surface area contributed by atoms with Crippen LogP contribution in [-0.4, -0.2) is 27.8 Å². The number of hydrogen-bond acceptors (Lipinski definition) is 5. The number of nitrogens with zero attached hydrogens (tertiary/aromatic N) is 1. The van der Waals surface area contributed by atoms with Crippen molar-refractivity contribution < 1.29 is 24.2 Å². The minimum atomic E-state index is -1.05. The summed E-state index contributed by atoms with van der Waals surface area (Å²) >= 11 is 0. The summed E-state index contributed by atoms with van der Waals surface area (Å²) in [5.41, 5.74) is 5.93. The van der Waals surface area contributed by atoms with E-state index in [4.69, 9.17) is 14.5 Å². The van der Waals surface area contributed by atoms with Gasteiger partial charge in [0.25, 0.3) is 0 Å². The van der Waals surface area contributed by atoms with Gasteiger partial charge in [-0.25, -0.2) is 9.59 Å². The molecule has 3 aromatic rings. The maximum atomic E-state index is 12.6. The fraction of sp³-hybridized carbons (Fsp3) is 0.387. The number of ether oxygens (including phenoxy) is 2. The first-order chi connectivity index (χ1) is 17.9. The number of carbonyl (C=O) groups is 2. The number of carbonyl (C=O) groups excluding carboxylic acids is 1. The summed E-state index contributed by atoms with van der Waals surface area (Å²) in [6, 6.07) is 14.8. The maximum Gasteiger partial charge on any atom is 0.407 e. The average Bonchev–Trinajstić information content (AvgIpc) is 2.81. The van der Waals surface area contributed by atoms with E-state index in [1.165, 1.54) is 6.07 Å². The number of aryl methyl sites for hydroxylation is 2. The predicted molar refractivity (Wildman–Crippen MR) is 148 cm³/mol. The van der Waals surface area contributed by atoms with Crippen LogP contribution in [0, 0.1) is 19.8 Å². The third kappa shape index (κ3) is 7.57. The molecule has 0 aliphatic rings. The molecule has 38 heavy (non-hydrogen) atoms. The lowest BCUT2D eigenvalue weighted by atomic mass is 9.90. The van der Waals surface area contributed by atoms with E-state index in [1.807, 2.05) is 46.8 Å². The number of nitrogens with one attached hydrogen (secondary N) is 1. The standard InChI is InChI=1S/C31H38N2O5/c1-19(2)16-26-24(17-32-30(36)38-31(5,6)7)28(22-14-12-20(3)13-15-22)25(21(4)33-26)18-37-27-11-9-8-10-23(27)29(34)35/h8-15,19H,16-18H2,1-7H3,(H,32,36)(H,34,35). The predicted octanol–water partition coefficient (Wildman–Crippen LogP) is 6.87. The number of para-hydroxylation sites is 1. The van der Waals surface area contributed by atoms with E-state index in [0.29, 0.717) is 5.92 Å². The molecule has 0 saturated carbocycles. The molecule has 7 heteroatoms. The number of benzene rings is 2. The molecule has 1 aromatic heterocycles. The van der Waals surface area contributed by atoms with Gasteiger partial charge in [-0.05, 0) is 70.2 Å². The van der Waals surface area contributed by atoms with Gasteiger partial charge in [0, 0.05) is 29.1 Å². The van der Waals surface area contributed by atoms with E-state index in [0.717, 1.165) is 45.6 Å². The summed E-state index contributed by atoms with van der Waals surface area (Å²) in [7, 11) is 0. The summed E-state index contributed by atoms with van der Waals surface area (Å²) in [5, 5.41) is 12.5. The van der Waals surface area contributed by atoms with Crippen LogP contribution in [0.1, 0.15) is 73.1 Å². The van der Waals surface area contributed by atoms with Crippen LogP contribution in [-0.2, 0) is 24.3 Å². The van der Waals surface area contributed by atoms with Crippen molar-refractivity contribution in [3.8, 4) is 16.9 Å². The van der Waals surface area contributed by atoms with Gasteiger partial charge in [-0.2, -0.15) is 0 Å². The largest absolute Gasteiger partial charge is 0.488 e. The van der Waals surface area contributed by atoms with Gasteiger partial charge in [-0.3, -0.25) is 4.98 Å². The Morgan fingerprint density at radius 3 is 2.26 bits per heavy atom. The van der Waals surface area contributed by atoms with Crippen molar-refractivity contribution in [3.63, 3.8) is 0 Å². The van der Waals surface area contributed by atoms with Crippen LogP contribution in [0.5, 0.6) is 5.75 Å². The van der Waals surface area contributed by atoms with Crippen LogP contribution >= 0.6 is 0 Å². The number of aromatic nitrogens is 1. The molecule has 1 amide bonds. The average molecular weight is 519 g/mol. The van der Waals surface area contributed by atoms with E-state index in [1.54, 1.807) is 18.2 Å². The van der Waals surface area contributed by atoms with Crippen LogP contribution in [0.15, 0.2) is 48.5 Å². The van der Waals surface area contributed by atoms with Crippen molar-refractivity contribution in [2.45, 2.75) is 73.6 Å². The van der Waals surface area contributed by atoms with Gasteiger partial charge in [-0.1, -0.05) is 55.8 Å². The number of aromatic carboxylic acids is 1. The molecule has 3 rings (SSSR count). The summed E-state index contributed by atoms with van der Waals surface area (Å²) < 4.78 is 11.6. The Morgan fingerprint density at radius 1 is 1.00 bits per heavy atom. The Balaban J connectivity index is 2.13. The molecule has 0 unspecified atom stereocenters. The van der Waals surface area contributed by atoms with Crippen molar-refractivity contribution in [1.82, 2.24) is 10.3 Å². The molecule has 0 atom stereocenters. The number of alkyl carbamates (subject to hydrolysis) is 1. The zero-order chi connectivity index (χ0) is 28.0. The van der Waals surface area contributed by atoms with Crippen LogP contribution in [0.3, 0.4) is 0 Å². The van der Waals surface area contributed by atoms with Crippen molar-refractivity contribution in [1.29, 1.82) is 0 Å². The van der Waals surface area contributed by atoms with Crippen molar-refractivity contribution >= 4 is 12.1 Å². The lowest BCUT2D eigenvalue weighted by molar-refractivity contribution is 0.0523. The smallest absolute Gasteiger partial charge is 0.407 e. The highest BCUT2D eigenvalue weighted by Crippen LogP contribution is 2.34. The lowest BCUT2D eigenvalue weighted by Gasteiger charge is -2.24. The normalized spacial score (nSPS) is 11.4. The quantitative estimate of drug-likeness (QED) is 0.321. The van der Waals surface area contributed by atoms with Gasteiger partial charge in [0.15, 0.2) is 0 Å². The molecule has 0 bridgehead atoms. The van der Waals surface area contributed by atoms with E-state index >= 15 is 0 Å². The second-order valence-electron chi connectivity index (χ2n) is 10.9. The van der Waals surface area contributed by atoms with E-state index < -0.39 is 17.7 Å². The Hall–Kier alpha value is -3.87. The molecular formula is C31H38N2O5. The SMILES string of the molecule is Cc1ccc(-c2c(COc3ccccc3C(=O)O)c(C)nc(CC(C)C)c2CNC(=O)OC(C)(C)C)cc1. The number of carboxylic acid groups (broad SMARTS) is 1. The minimum Gasteiger partial charge on any atom is -0.488 e. The summed E-state index contributed by atoms with van der Waals surface area (Å²) in [5.74, 6) is -0.421. The van der Waals surface area contributed by atoms with Crippen molar-refractivity contribution in [2.75, 3.05) is 0 Å². The highest BCUT2D eigenvalue weighted by Gasteiger charge is 2.23. The van der Waals surface area contributed by atoms with E-state index in [9.17, 15) is 14.7 Å². The third-order valence-corrected chi connectivity index (χ3v) is 5.93. The molecule has 7 nitrogen and oxygen atoms in total. The number of hydrogen-bond donors (Lipinski definition) is 2. The van der Waals surface area contributed by atoms with Crippen LogP contribution < -0.4 is 10.1 Å². The first-order valence-corrected chi connectivity index (χ1v) is 12.9. The molecular weight excluding hydrogens is 480 g/mol. The fourth-order valence-electron chi connectivity index (χ4n) is 4.23. The molecule has 0 aliphatic carbocycles. The molecule has 1 heterocycles. The van der Waals surface area contributed by atoms with E-state index in [2.05, 4.69) is 31.3 Å². The highest BCUT2D eigenvalue weighted by molar-refractivity contribution is 5.90. The molecule has 0 aliphatic heterocycles. The maximum absolute atomic E-state index is 12.6. The van der Waals surface area contributed by atoms with Gasteiger partial charge in [0.05, 0.1) is 0 Å².